The van der Waals surface area contributed by atoms with E-state index in [-0.39, 0.29) is 11.7 Å². The van der Waals surface area contributed by atoms with Gasteiger partial charge in [0.25, 0.3) is 0 Å². The molecule has 4 rings (SSSR count). The Bertz CT molecular complexity index is 1100. The maximum atomic E-state index is 11.6. The highest BCUT2D eigenvalue weighted by Gasteiger charge is 2.29. The molecule has 0 radical (unpaired) electrons. The van der Waals surface area contributed by atoms with Gasteiger partial charge in [-0.1, -0.05) is 48.5 Å². The molecule has 11 heteroatoms. The quantitative estimate of drug-likeness (QED) is 0.334. The predicted molar refractivity (Wildman–Crippen MR) is 119 cm³/mol. The monoisotopic (exact) mass is 461 g/mol. The number of rotatable bonds is 10. The summed E-state index contributed by atoms with van der Waals surface area (Å²) >= 11 is 1.69. The normalized spacial score (nSPS) is 17.9. The van der Waals surface area contributed by atoms with Crippen LogP contribution in [-0.2, 0) is 29.9 Å². The highest BCUT2D eigenvalue weighted by molar-refractivity contribution is 7.99. The second kappa shape index (κ2) is 9.90. The van der Waals surface area contributed by atoms with Crippen molar-refractivity contribution in [2.75, 3.05) is 17.3 Å². The first kappa shape index (κ1) is 21.9. The molecule has 0 spiro atoms. The number of hydrogen-bond acceptors (Lipinski definition) is 8. The third-order valence-electron chi connectivity index (χ3n) is 5.44. The van der Waals surface area contributed by atoms with Crippen LogP contribution in [0.15, 0.2) is 35.5 Å². The number of aromatic nitrogens is 7. The van der Waals surface area contributed by atoms with Crippen LogP contribution in [0.4, 0.5) is 0 Å². The molecular formula is C20H27N7O2S2. The molecule has 1 aromatic carbocycles. The predicted octanol–water partition coefficient (Wildman–Crippen LogP) is 2.41. The van der Waals surface area contributed by atoms with E-state index in [0.717, 1.165) is 54.5 Å². The number of nitrogens with zero attached hydrogens (tertiary/aromatic N) is 7. The van der Waals surface area contributed by atoms with E-state index in [9.17, 15) is 8.42 Å². The largest absolute Gasteiger partial charge is 0.309 e. The topological polar surface area (TPSA) is 108 Å². The van der Waals surface area contributed by atoms with Crippen LogP contribution in [0.1, 0.15) is 31.5 Å². The molecule has 2 aromatic heterocycles. The van der Waals surface area contributed by atoms with Gasteiger partial charge in [0, 0.05) is 24.8 Å². The fraction of sp³-hybridized carbons (Fsp3) is 0.550. The Balaban J connectivity index is 1.16. The van der Waals surface area contributed by atoms with Crippen molar-refractivity contribution < 1.29 is 8.42 Å². The van der Waals surface area contributed by atoms with Crippen LogP contribution in [0.3, 0.4) is 0 Å². The first-order chi connectivity index (χ1) is 15.0. The van der Waals surface area contributed by atoms with Crippen molar-refractivity contribution in [2.45, 2.75) is 43.8 Å². The third kappa shape index (κ3) is 5.91. The maximum Gasteiger partial charge on any atom is 0.204 e. The van der Waals surface area contributed by atoms with Crippen molar-refractivity contribution in [2.24, 2.45) is 13.0 Å². The summed E-state index contributed by atoms with van der Waals surface area (Å²) in [5.41, 5.74) is 0.975. The molecule has 0 N–H and O–H groups in total. The first-order valence-corrected chi connectivity index (χ1v) is 13.4. The molecule has 3 heterocycles. The number of benzene rings is 1. The fourth-order valence-electron chi connectivity index (χ4n) is 3.68. The number of thioether (sulfide) groups is 1. The Hall–Kier alpha value is -2.27. The van der Waals surface area contributed by atoms with Crippen molar-refractivity contribution in [3.8, 4) is 11.4 Å². The van der Waals surface area contributed by atoms with Gasteiger partial charge in [-0.3, -0.25) is 0 Å². The van der Waals surface area contributed by atoms with Gasteiger partial charge in [-0.05, 0) is 30.4 Å². The molecule has 0 bridgehead atoms. The minimum Gasteiger partial charge on any atom is -0.309 e. The molecule has 0 saturated carbocycles. The molecule has 0 amide bonds. The SMILES string of the molecule is Cn1c(CC2CCS(=O)(=O)C2)nnc1SCCCCCn1nnc(-c2ccccc2)n1. The Morgan fingerprint density at radius 2 is 1.94 bits per heavy atom. The number of aryl methyl sites for hydroxylation is 1. The lowest BCUT2D eigenvalue weighted by molar-refractivity contribution is 0.487. The second-order valence-corrected chi connectivity index (χ2v) is 11.2. The van der Waals surface area contributed by atoms with Crippen molar-refractivity contribution >= 4 is 21.6 Å². The Labute approximate surface area is 186 Å². The average Bonchev–Trinajstić information content (AvgIpc) is 3.46. The van der Waals surface area contributed by atoms with E-state index >= 15 is 0 Å². The molecule has 1 aliphatic rings. The summed E-state index contributed by atoms with van der Waals surface area (Å²) in [7, 11) is -0.895. The molecule has 1 atom stereocenters. The van der Waals surface area contributed by atoms with Gasteiger partial charge in [-0.25, -0.2) is 8.42 Å². The van der Waals surface area contributed by atoms with Crippen LogP contribution in [-0.4, -0.2) is 60.6 Å². The maximum absolute atomic E-state index is 11.6. The van der Waals surface area contributed by atoms with Crippen LogP contribution in [0, 0.1) is 5.92 Å². The number of hydrogen-bond donors (Lipinski definition) is 0. The highest BCUT2D eigenvalue weighted by atomic mass is 32.2. The molecule has 3 aromatic rings. The smallest absolute Gasteiger partial charge is 0.204 e. The van der Waals surface area contributed by atoms with Gasteiger partial charge in [0.15, 0.2) is 15.0 Å². The summed E-state index contributed by atoms with van der Waals surface area (Å²) < 4.78 is 25.3. The molecule has 166 valence electrons. The Kier molecular flexibility index (Phi) is 7.01. The summed E-state index contributed by atoms with van der Waals surface area (Å²) in [5.74, 6) is 3.23. The molecular weight excluding hydrogens is 434 g/mol. The molecule has 9 nitrogen and oxygen atoms in total. The zero-order valence-electron chi connectivity index (χ0n) is 17.6. The zero-order chi connectivity index (χ0) is 21.7. The number of sulfone groups is 1. The summed E-state index contributed by atoms with van der Waals surface area (Å²) in [4.78, 5) is 1.66. The van der Waals surface area contributed by atoms with E-state index in [1.54, 1.807) is 16.6 Å². The number of tetrazole rings is 1. The average molecular weight is 462 g/mol. The van der Waals surface area contributed by atoms with E-state index in [1.807, 2.05) is 41.9 Å². The van der Waals surface area contributed by atoms with Crippen LogP contribution in [0.25, 0.3) is 11.4 Å². The lowest BCUT2D eigenvalue weighted by Crippen LogP contribution is -2.11. The molecule has 1 saturated heterocycles. The van der Waals surface area contributed by atoms with Gasteiger partial charge in [0.05, 0.1) is 18.1 Å². The zero-order valence-corrected chi connectivity index (χ0v) is 19.2. The standard InChI is InChI=1S/C20H27N7O2S2/c1-26-18(14-16-10-13-31(28,29)15-16)21-23-20(26)30-12-7-3-6-11-27-24-19(22-25-27)17-8-4-2-5-9-17/h2,4-5,8-9,16H,3,6-7,10-15H2,1H3. The molecule has 31 heavy (non-hydrogen) atoms. The van der Waals surface area contributed by atoms with E-state index < -0.39 is 9.84 Å². The second-order valence-electron chi connectivity index (χ2n) is 7.92. The van der Waals surface area contributed by atoms with Crippen molar-refractivity contribution in [3.05, 3.63) is 36.2 Å². The fourth-order valence-corrected chi connectivity index (χ4v) is 6.47. The van der Waals surface area contributed by atoms with Gasteiger partial charge in [-0.15, -0.1) is 20.4 Å². The van der Waals surface area contributed by atoms with Gasteiger partial charge >= 0.3 is 0 Å². The van der Waals surface area contributed by atoms with Gasteiger partial charge in [0.2, 0.25) is 5.82 Å². The van der Waals surface area contributed by atoms with E-state index in [1.165, 1.54) is 0 Å². The molecule has 1 aliphatic heterocycles. The lowest BCUT2D eigenvalue weighted by atomic mass is 10.1. The highest BCUT2D eigenvalue weighted by Crippen LogP contribution is 2.24. The van der Waals surface area contributed by atoms with E-state index in [0.29, 0.717) is 18.0 Å². The van der Waals surface area contributed by atoms with Crippen molar-refractivity contribution in [1.29, 1.82) is 0 Å². The summed E-state index contributed by atoms with van der Waals surface area (Å²) in [6, 6.07) is 9.86. The number of unbranched alkanes of at least 4 members (excludes halogenated alkanes) is 2. The summed E-state index contributed by atoms with van der Waals surface area (Å²) in [5, 5.41) is 22.2. The first-order valence-electron chi connectivity index (χ1n) is 10.5. The molecule has 1 unspecified atom stereocenters. The minimum atomic E-state index is -2.85. The van der Waals surface area contributed by atoms with Crippen molar-refractivity contribution in [1.82, 2.24) is 35.0 Å². The van der Waals surface area contributed by atoms with E-state index in [4.69, 9.17) is 0 Å². The minimum absolute atomic E-state index is 0.165. The van der Waals surface area contributed by atoms with Gasteiger partial charge < -0.3 is 4.57 Å². The van der Waals surface area contributed by atoms with Crippen LogP contribution in [0.2, 0.25) is 0 Å². The Morgan fingerprint density at radius 1 is 1.10 bits per heavy atom. The van der Waals surface area contributed by atoms with Crippen molar-refractivity contribution in [3.63, 3.8) is 0 Å². The van der Waals surface area contributed by atoms with Crippen LogP contribution in [0.5, 0.6) is 0 Å². The van der Waals surface area contributed by atoms with E-state index in [2.05, 4.69) is 25.6 Å². The van der Waals surface area contributed by atoms with Gasteiger partial charge in [0.1, 0.15) is 5.82 Å². The summed E-state index contributed by atoms with van der Waals surface area (Å²) in [6.07, 6.45) is 4.53. The van der Waals surface area contributed by atoms with Crippen LogP contribution < -0.4 is 0 Å². The summed E-state index contributed by atoms with van der Waals surface area (Å²) in [6.45, 7) is 0.753. The van der Waals surface area contributed by atoms with Gasteiger partial charge in [-0.2, -0.15) is 4.80 Å². The Morgan fingerprint density at radius 3 is 2.71 bits per heavy atom. The molecule has 1 fully saturated rings. The van der Waals surface area contributed by atoms with Crippen LogP contribution >= 0.6 is 11.8 Å². The lowest BCUT2D eigenvalue weighted by Gasteiger charge is -2.07. The molecule has 0 aliphatic carbocycles. The third-order valence-corrected chi connectivity index (χ3v) is 8.39.